The summed E-state index contributed by atoms with van der Waals surface area (Å²) in [6, 6.07) is 13.4. The minimum absolute atomic E-state index is 0. The lowest BCUT2D eigenvalue weighted by atomic mass is 10.0. The van der Waals surface area contributed by atoms with Crippen LogP contribution >= 0.6 is 47.8 Å². The van der Waals surface area contributed by atoms with Crippen molar-refractivity contribution in [1.29, 1.82) is 0 Å². The first-order valence-electron chi connectivity index (χ1n) is 8.82. The van der Waals surface area contributed by atoms with E-state index in [1.54, 1.807) is 6.20 Å². The Morgan fingerprint density at radius 3 is 2.86 bits per heavy atom. The van der Waals surface area contributed by atoms with Crippen molar-refractivity contribution >= 4 is 53.7 Å². The SMILES string of the molecule is Cl.Cl.O=C(Cc1csc(-c2ccccn2)n1)N1CCNCC1c1cccc(Cl)c1. The summed E-state index contributed by atoms with van der Waals surface area (Å²) in [7, 11) is 0. The highest BCUT2D eigenvalue weighted by molar-refractivity contribution is 7.13. The van der Waals surface area contributed by atoms with Crippen molar-refractivity contribution < 1.29 is 4.79 Å². The molecule has 1 aromatic carbocycles. The number of halogens is 3. The number of nitrogens with zero attached hydrogens (tertiary/aromatic N) is 3. The summed E-state index contributed by atoms with van der Waals surface area (Å²) in [5, 5.41) is 6.83. The van der Waals surface area contributed by atoms with Gasteiger partial charge in [-0.1, -0.05) is 29.8 Å². The molecule has 3 heterocycles. The minimum Gasteiger partial charge on any atom is -0.333 e. The van der Waals surface area contributed by atoms with Gasteiger partial charge in [-0.2, -0.15) is 0 Å². The summed E-state index contributed by atoms with van der Waals surface area (Å²) >= 11 is 7.66. The average Bonchev–Trinajstić information content (AvgIpc) is 3.17. The Kier molecular flexibility index (Phi) is 8.86. The van der Waals surface area contributed by atoms with Gasteiger partial charge in [0.2, 0.25) is 5.91 Å². The van der Waals surface area contributed by atoms with Gasteiger partial charge in [-0.3, -0.25) is 9.78 Å². The Morgan fingerprint density at radius 1 is 1.24 bits per heavy atom. The van der Waals surface area contributed by atoms with Crippen LogP contribution in [0.15, 0.2) is 54.0 Å². The van der Waals surface area contributed by atoms with E-state index in [0.29, 0.717) is 18.0 Å². The van der Waals surface area contributed by atoms with Gasteiger partial charge < -0.3 is 10.2 Å². The van der Waals surface area contributed by atoms with Crippen molar-refractivity contribution in [1.82, 2.24) is 20.2 Å². The van der Waals surface area contributed by atoms with Crippen LogP contribution in [-0.2, 0) is 11.2 Å². The number of benzene rings is 1. The number of hydrogen-bond donors (Lipinski definition) is 1. The van der Waals surface area contributed by atoms with Crippen LogP contribution in [0.4, 0.5) is 0 Å². The normalized spacial score (nSPS) is 15.9. The highest BCUT2D eigenvalue weighted by atomic mass is 35.5. The second-order valence-corrected chi connectivity index (χ2v) is 7.69. The van der Waals surface area contributed by atoms with Gasteiger partial charge in [0.05, 0.1) is 23.9 Å². The largest absolute Gasteiger partial charge is 0.333 e. The van der Waals surface area contributed by atoms with E-state index in [9.17, 15) is 4.79 Å². The highest BCUT2D eigenvalue weighted by Gasteiger charge is 2.28. The molecule has 0 radical (unpaired) electrons. The number of rotatable bonds is 4. The van der Waals surface area contributed by atoms with E-state index in [-0.39, 0.29) is 36.8 Å². The quantitative estimate of drug-likeness (QED) is 0.612. The molecule has 1 saturated heterocycles. The summed E-state index contributed by atoms with van der Waals surface area (Å²) in [5.74, 6) is 0.0827. The first-order chi connectivity index (χ1) is 13.2. The third-order valence-corrected chi connectivity index (χ3v) is 5.71. The van der Waals surface area contributed by atoms with Gasteiger partial charge >= 0.3 is 0 Å². The van der Waals surface area contributed by atoms with E-state index in [4.69, 9.17) is 11.6 Å². The summed E-state index contributed by atoms with van der Waals surface area (Å²) < 4.78 is 0. The van der Waals surface area contributed by atoms with E-state index >= 15 is 0 Å². The maximum atomic E-state index is 13.0. The molecule has 29 heavy (non-hydrogen) atoms. The molecular formula is C20H21Cl3N4OS. The van der Waals surface area contributed by atoms with Crippen molar-refractivity contribution in [2.75, 3.05) is 19.6 Å². The number of piperazine rings is 1. The topological polar surface area (TPSA) is 58.1 Å². The predicted molar refractivity (Wildman–Crippen MR) is 122 cm³/mol. The molecule has 3 aromatic rings. The molecule has 4 rings (SSSR count). The fourth-order valence-corrected chi connectivity index (χ4v) is 4.26. The number of carbonyl (C=O) groups is 1. The summed E-state index contributed by atoms with van der Waals surface area (Å²) in [5.41, 5.74) is 2.67. The summed E-state index contributed by atoms with van der Waals surface area (Å²) in [6.45, 7) is 2.19. The number of aromatic nitrogens is 2. The molecule has 5 nitrogen and oxygen atoms in total. The van der Waals surface area contributed by atoms with Crippen LogP contribution < -0.4 is 5.32 Å². The number of thiazole rings is 1. The van der Waals surface area contributed by atoms with Gasteiger partial charge in [-0.05, 0) is 29.8 Å². The average molecular weight is 472 g/mol. The Balaban J connectivity index is 0.00000150. The van der Waals surface area contributed by atoms with Crippen LogP contribution in [0, 0.1) is 0 Å². The zero-order valence-corrected chi connectivity index (χ0v) is 18.7. The van der Waals surface area contributed by atoms with E-state index in [1.807, 2.05) is 52.7 Å². The molecule has 0 bridgehead atoms. The second-order valence-electron chi connectivity index (χ2n) is 6.40. The molecule has 1 fully saturated rings. The van der Waals surface area contributed by atoms with Crippen LogP contribution in [-0.4, -0.2) is 40.4 Å². The van der Waals surface area contributed by atoms with Gasteiger partial charge in [0, 0.05) is 36.2 Å². The van der Waals surface area contributed by atoms with Crippen molar-refractivity contribution in [2.45, 2.75) is 12.5 Å². The maximum Gasteiger partial charge on any atom is 0.229 e. The number of amides is 1. The first-order valence-corrected chi connectivity index (χ1v) is 10.1. The molecule has 1 aliphatic heterocycles. The van der Waals surface area contributed by atoms with Crippen molar-refractivity contribution in [3.8, 4) is 10.7 Å². The van der Waals surface area contributed by atoms with Crippen LogP contribution in [0.1, 0.15) is 17.3 Å². The molecular weight excluding hydrogens is 451 g/mol. The summed E-state index contributed by atoms with van der Waals surface area (Å²) in [6.07, 6.45) is 2.04. The summed E-state index contributed by atoms with van der Waals surface area (Å²) in [4.78, 5) is 23.9. The van der Waals surface area contributed by atoms with Crippen LogP contribution in [0.3, 0.4) is 0 Å². The van der Waals surface area contributed by atoms with Gasteiger partial charge in [-0.15, -0.1) is 36.2 Å². The maximum absolute atomic E-state index is 13.0. The third-order valence-electron chi connectivity index (χ3n) is 4.57. The van der Waals surface area contributed by atoms with Crippen LogP contribution in [0.5, 0.6) is 0 Å². The van der Waals surface area contributed by atoms with E-state index in [1.165, 1.54) is 11.3 Å². The monoisotopic (exact) mass is 470 g/mol. The van der Waals surface area contributed by atoms with Crippen molar-refractivity contribution in [2.24, 2.45) is 0 Å². The van der Waals surface area contributed by atoms with Crippen LogP contribution in [0.25, 0.3) is 10.7 Å². The molecule has 1 aliphatic rings. The molecule has 154 valence electrons. The van der Waals surface area contributed by atoms with E-state index < -0.39 is 0 Å². The molecule has 1 amide bonds. The standard InChI is InChI=1S/C20H19ClN4OS.2ClH/c21-15-5-3-4-14(10-15)18-12-22-8-9-25(18)19(26)11-16-13-27-20(24-16)17-6-1-2-7-23-17;;/h1-7,10,13,18,22H,8-9,11-12H2;2*1H. The highest BCUT2D eigenvalue weighted by Crippen LogP contribution is 2.26. The Bertz CT molecular complexity index is 938. The van der Waals surface area contributed by atoms with Crippen molar-refractivity contribution in [3.05, 3.63) is 70.3 Å². The van der Waals surface area contributed by atoms with Gasteiger partial charge in [-0.25, -0.2) is 4.98 Å². The first kappa shape index (κ1) is 23.6. The minimum atomic E-state index is -0.0150. The van der Waals surface area contributed by atoms with Gasteiger partial charge in [0.1, 0.15) is 5.01 Å². The number of pyridine rings is 1. The zero-order valence-electron chi connectivity index (χ0n) is 15.5. The molecule has 1 unspecified atom stereocenters. The Morgan fingerprint density at radius 2 is 2.10 bits per heavy atom. The molecule has 0 saturated carbocycles. The predicted octanol–water partition coefficient (Wildman–Crippen LogP) is 4.42. The molecule has 2 aromatic heterocycles. The molecule has 1 N–H and O–H groups in total. The molecule has 9 heteroatoms. The zero-order chi connectivity index (χ0) is 18.6. The molecule has 1 atom stereocenters. The molecule has 0 aliphatic carbocycles. The van der Waals surface area contributed by atoms with E-state index in [2.05, 4.69) is 15.3 Å². The lowest BCUT2D eigenvalue weighted by Gasteiger charge is -2.36. The number of hydrogen-bond acceptors (Lipinski definition) is 5. The molecule has 0 spiro atoms. The number of nitrogens with one attached hydrogen (secondary N) is 1. The van der Waals surface area contributed by atoms with Gasteiger partial charge in [0.15, 0.2) is 0 Å². The smallest absolute Gasteiger partial charge is 0.229 e. The second kappa shape index (κ2) is 10.9. The Labute approximate surface area is 191 Å². The van der Waals surface area contributed by atoms with Crippen molar-refractivity contribution in [3.63, 3.8) is 0 Å². The number of carbonyl (C=O) groups excluding carboxylic acids is 1. The van der Waals surface area contributed by atoms with Crippen LogP contribution in [0.2, 0.25) is 5.02 Å². The lowest BCUT2D eigenvalue weighted by Crippen LogP contribution is -2.49. The third kappa shape index (κ3) is 5.68. The lowest BCUT2D eigenvalue weighted by molar-refractivity contribution is -0.133. The Hall–Kier alpha value is -1.70. The van der Waals surface area contributed by atoms with E-state index in [0.717, 1.165) is 35.0 Å². The fourth-order valence-electron chi connectivity index (χ4n) is 3.27. The van der Waals surface area contributed by atoms with Gasteiger partial charge in [0.25, 0.3) is 0 Å². The fraction of sp³-hybridized carbons (Fsp3) is 0.250.